The van der Waals surface area contributed by atoms with Gasteiger partial charge in [-0.2, -0.15) is 0 Å². The number of carbonyl (C=O) groups is 2. The van der Waals surface area contributed by atoms with Crippen LogP contribution < -0.4 is 0 Å². The summed E-state index contributed by atoms with van der Waals surface area (Å²) in [6.45, 7) is 2.63. The van der Waals surface area contributed by atoms with Crippen LogP contribution in [0.15, 0.2) is 0 Å². The first kappa shape index (κ1) is 34.0. The van der Waals surface area contributed by atoms with Crippen LogP contribution >= 0.6 is 0 Å². The van der Waals surface area contributed by atoms with Gasteiger partial charge in [-0.3, -0.25) is 0 Å². The van der Waals surface area contributed by atoms with Gasteiger partial charge in [0.25, 0.3) is 0 Å². The standard InChI is InChI=1S/C28H54O7/c1-3-5-7-9-11-13-15-17-19-21-27(33,23-29)25(31)35-26(32)28(34,24-30)22-20-18-16-14-12-10-8-6-4-2/h29-30,33-34H,3-24H2,1-2H3. The van der Waals surface area contributed by atoms with Crippen molar-refractivity contribution in [2.24, 2.45) is 0 Å². The third-order valence-corrected chi connectivity index (χ3v) is 6.86. The highest BCUT2D eigenvalue weighted by molar-refractivity contribution is 5.94. The molecule has 2 atom stereocenters. The van der Waals surface area contributed by atoms with Crippen LogP contribution in [0.1, 0.15) is 142 Å². The Labute approximate surface area is 213 Å². The fraction of sp³-hybridized carbons (Fsp3) is 0.929. The van der Waals surface area contributed by atoms with Gasteiger partial charge >= 0.3 is 11.9 Å². The normalized spacial score (nSPS) is 14.9. The van der Waals surface area contributed by atoms with Crippen LogP contribution in [0.2, 0.25) is 0 Å². The Kier molecular flexibility index (Phi) is 20.5. The monoisotopic (exact) mass is 502 g/mol. The van der Waals surface area contributed by atoms with E-state index in [4.69, 9.17) is 4.74 Å². The number of esters is 2. The van der Waals surface area contributed by atoms with Crippen molar-refractivity contribution in [1.82, 2.24) is 0 Å². The second kappa shape index (κ2) is 21.1. The van der Waals surface area contributed by atoms with E-state index in [1.165, 1.54) is 64.2 Å². The van der Waals surface area contributed by atoms with E-state index < -0.39 is 36.4 Å². The lowest BCUT2D eigenvalue weighted by atomic mass is 9.95. The topological polar surface area (TPSA) is 124 Å². The van der Waals surface area contributed by atoms with Crippen molar-refractivity contribution in [3.05, 3.63) is 0 Å². The highest BCUT2D eigenvalue weighted by Crippen LogP contribution is 2.22. The molecule has 7 heteroatoms. The fourth-order valence-corrected chi connectivity index (χ4v) is 4.22. The summed E-state index contributed by atoms with van der Waals surface area (Å²) in [6.07, 6.45) is 18.9. The number of hydrogen-bond donors (Lipinski definition) is 4. The summed E-state index contributed by atoms with van der Waals surface area (Å²) in [4.78, 5) is 24.8. The second-order valence-corrected chi connectivity index (χ2v) is 10.2. The summed E-state index contributed by atoms with van der Waals surface area (Å²) >= 11 is 0. The molecule has 0 aromatic rings. The Hall–Kier alpha value is -1.02. The molecule has 0 aliphatic rings. The molecule has 0 fully saturated rings. The van der Waals surface area contributed by atoms with E-state index >= 15 is 0 Å². The van der Waals surface area contributed by atoms with Gasteiger partial charge in [0.15, 0.2) is 11.2 Å². The minimum atomic E-state index is -2.19. The van der Waals surface area contributed by atoms with Gasteiger partial charge in [-0.15, -0.1) is 0 Å². The molecule has 0 saturated heterocycles. The minimum absolute atomic E-state index is 0.0265. The minimum Gasteiger partial charge on any atom is -0.393 e. The summed E-state index contributed by atoms with van der Waals surface area (Å²) in [5, 5.41) is 40.1. The van der Waals surface area contributed by atoms with Gasteiger partial charge in [0.2, 0.25) is 0 Å². The molecule has 0 aromatic heterocycles. The van der Waals surface area contributed by atoms with Crippen LogP contribution in [0.4, 0.5) is 0 Å². The predicted octanol–water partition coefficient (Wildman–Crippen LogP) is 5.34. The largest absolute Gasteiger partial charge is 0.393 e. The quantitative estimate of drug-likeness (QED) is 0.0797. The zero-order valence-corrected chi connectivity index (χ0v) is 22.6. The maximum atomic E-state index is 12.4. The first-order chi connectivity index (χ1) is 16.8. The number of carbonyl (C=O) groups excluding carboxylic acids is 2. The number of unbranched alkanes of at least 4 members (excludes halogenated alkanes) is 16. The maximum Gasteiger partial charge on any atom is 0.348 e. The van der Waals surface area contributed by atoms with Crippen molar-refractivity contribution in [3.63, 3.8) is 0 Å². The van der Waals surface area contributed by atoms with E-state index in [1.807, 2.05) is 0 Å². The van der Waals surface area contributed by atoms with Crippen LogP contribution in [-0.2, 0) is 14.3 Å². The summed E-state index contributed by atoms with van der Waals surface area (Å²) in [5.41, 5.74) is -4.38. The Bertz CT molecular complexity index is 493. The van der Waals surface area contributed by atoms with Gasteiger partial charge in [0.1, 0.15) is 0 Å². The van der Waals surface area contributed by atoms with E-state index in [1.54, 1.807) is 0 Å². The number of aliphatic hydroxyl groups excluding tert-OH is 2. The zero-order valence-electron chi connectivity index (χ0n) is 22.6. The van der Waals surface area contributed by atoms with Gasteiger partial charge in [-0.05, 0) is 25.7 Å². The molecule has 208 valence electrons. The Balaban J connectivity index is 4.32. The molecule has 0 spiro atoms. The summed E-state index contributed by atoms with van der Waals surface area (Å²) in [5.74, 6) is -2.55. The van der Waals surface area contributed by atoms with Crippen LogP contribution in [0, 0.1) is 0 Å². The highest BCUT2D eigenvalue weighted by atomic mass is 16.6. The molecule has 0 radical (unpaired) electrons. The van der Waals surface area contributed by atoms with Gasteiger partial charge < -0.3 is 25.2 Å². The molecule has 2 unspecified atom stereocenters. The molecule has 0 rings (SSSR count). The van der Waals surface area contributed by atoms with Crippen LogP contribution in [0.5, 0.6) is 0 Å². The van der Waals surface area contributed by atoms with Crippen LogP contribution in [-0.4, -0.2) is 56.8 Å². The summed E-state index contributed by atoms with van der Waals surface area (Å²) < 4.78 is 4.73. The Morgan fingerprint density at radius 1 is 0.514 bits per heavy atom. The molecule has 0 aliphatic carbocycles. The molecule has 7 nitrogen and oxygen atoms in total. The summed E-state index contributed by atoms with van der Waals surface area (Å²) in [7, 11) is 0. The van der Waals surface area contributed by atoms with Crippen molar-refractivity contribution in [3.8, 4) is 0 Å². The van der Waals surface area contributed by atoms with E-state index in [0.717, 1.165) is 38.5 Å². The molecule has 0 aliphatic heterocycles. The fourth-order valence-electron chi connectivity index (χ4n) is 4.22. The van der Waals surface area contributed by atoms with Gasteiger partial charge in [-0.1, -0.05) is 117 Å². The third-order valence-electron chi connectivity index (χ3n) is 6.86. The van der Waals surface area contributed by atoms with Crippen molar-refractivity contribution in [2.75, 3.05) is 13.2 Å². The van der Waals surface area contributed by atoms with E-state index in [9.17, 15) is 30.0 Å². The molecule has 4 N–H and O–H groups in total. The van der Waals surface area contributed by atoms with Crippen molar-refractivity contribution in [1.29, 1.82) is 0 Å². The van der Waals surface area contributed by atoms with Crippen molar-refractivity contribution < 1.29 is 34.8 Å². The molecular weight excluding hydrogens is 448 g/mol. The first-order valence-corrected chi connectivity index (χ1v) is 14.2. The smallest absolute Gasteiger partial charge is 0.348 e. The van der Waals surface area contributed by atoms with Gasteiger partial charge in [0.05, 0.1) is 13.2 Å². The summed E-state index contributed by atoms with van der Waals surface area (Å²) in [6, 6.07) is 0. The first-order valence-electron chi connectivity index (χ1n) is 14.2. The zero-order chi connectivity index (χ0) is 26.4. The molecule has 0 amide bonds. The molecule has 0 bridgehead atoms. The highest BCUT2D eigenvalue weighted by Gasteiger charge is 2.43. The van der Waals surface area contributed by atoms with E-state index in [0.29, 0.717) is 12.8 Å². The SMILES string of the molecule is CCCCCCCCCCCC(O)(CO)C(=O)OC(=O)C(O)(CO)CCCCCCCCCCC. The van der Waals surface area contributed by atoms with Crippen molar-refractivity contribution in [2.45, 2.75) is 153 Å². The predicted molar refractivity (Wildman–Crippen MR) is 139 cm³/mol. The Morgan fingerprint density at radius 3 is 1.03 bits per heavy atom. The third kappa shape index (κ3) is 15.6. The number of aliphatic hydroxyl groups is 4. The molecular formula is C28H54O7. The average molecular weight is 503 g/mol. The molecule has 0 heterocycles. The number of ether oxygens (including phenoxy) is 1. The van der Waals surface area contributed by atoms with Gasteiger partial charge in [-0.25, -0.2) is 9.59 Å². The van der Waals surface area contributed by atoms with Gasteiger partial charge in [0, 0.05) is 0 Å². The number of hydrogen-bond acceptors (Lipinski definition) is 7. The average Bonchev–Trinajstić information content (AvgIpc) is 2.86. The maximum absolute atomic E-state index is 12.4. The van der Waals surface area contributed by atoms with Crippen molar-refractivity contribution >= 4 is 11.9 Å². The lowest BCUT2D eigenvalue weighted by Crippen LogP contribution is -2.50. The molecule has 35 heavy (non-hydrogen) atoms. The molecule has 0 aromatic carbocycles. The Morgan fingerprint density at radius 2 is 0.771 bits per heavy atom. The van der Waals surface area contributed by atoms with E-state index in [2.05, 4.69) is 13.8 Å². The van der Waals surface area contributed by atoms with E-state index in [-0.39, 0.29) is 12.8 Å². The lowest BCUT2D eigenvalue weighted by Gasteiger charge is -2.27. The van der Waals surface area contributed by atoms with Crippen LogP contribution in [0.25, 0.3) is 0 Å². The lowest BCUT2D eigenvalue weighted by molar-refractivity contribution is -0.190. The number of rotatable bonds is 24. The molecule has 0 saturated carbocycles. The second-order valence-electron chi connectivity index (χ2n) is 10.2. The van der Waals surface area contributed by atoms with Crippen LogP contribution in [0.3, 0.4) is 0 Å².